The van der Waals surface area contributed by atoms with Crippen molar-refractivity contribution in [3.05, 3.63) is 64.7 Å². The molecule has 1 N–H and O–H groups in total. The normalized spacial score (nSPS) is 16.7. The minimum absolute atomic E-state index is 0.0125. The molecule has 1 aliphatic rings. The van der Waals surface area contributed by atoms with Gasteiger partial charge in [0.1, 0.15) is 0 Å². The van der Waals surface area contributed by atoms with Crippen LogP contribution in [-0.2, 0) is 22.6 Å². The first-order valence-corrected chi connectivity index (χ1v) is 9.17. The van der Waals surface area contributed by atoms with Gasteiger partial charge in [-0.1, -0.05) is 30.3 Å². The summed E-state index contributed by atoms with van der Waals surface area (Å²) in [6.45, 7) is 2.36. The highest BCUT2D eigenvalue weighted by Crippen LogP contribution is 2.13. The molecule has 0 aliphatic carbocycles. The van der Waals surface area contributed by atoms with E-state index in [9.17, 15) is 9.59 Å². The van der Waals surface area contributed by atoms with Crippen LogP contribution in [0, 0.1) is 5.92 Å². The molecule has 1 aromatic carbocycles. The number of imidazole rings is 1. The molecule has 0 unspecified atom stereocenters. The van der Waals surface area contributed by atoms with Crippen molar-refractivity contribution in [3.8, 4) is 0 Å². The SMILES string of the molecule is O=C(NCCn1c(=O)n(Cc2ccccc2)c2cccnc21)[C@H]1CCOC1. The summed E-state index contributed by atoms with van der Waals surface area (Å²) in [6, 6.07) is 13.6. The third-order valence-corrected chi connectivity index (χ3v) is 4.89. The van der Waals surface area contributed by atoms with Crippen molar-refractivity contribution in [1.29, 1.82) is 0 Å². The number of aromatic nitrogens is 3. The lowest BCUT2D eigenvalue weighted by molar-refractivity contribution is -0.124. The third-order valence-electron chi connectivity index (χ3n) is 4.89. The van der Waals surface area contributed by atoms with Crippen LogP contribution in [0.25, 0.3) is 11.2 Å². The fourth-order valence-electron chi connectivity index (χ4n) is 3.44. The molecule has 1 saturated heterocycles. The molecule has 3 aromatic rings. The Morgan fingerprint density at radius 3 is 2.81 bits per heavy atom. The molecule has 1 fully saturated rings. The molecule has 0 spiro atoms. The van der Waals surface area contributed by atoms with Crippen LogP contribution in [0.4, 0.5) is 0 Å². The maximum absolute atomic E-state index is 13.0. The zero-order valence-electron chi connectivity index (χ0n) is 15.0. The first-order chi connectivity index (χ1) is 13.2. The van der Waals surface area contributed by atoms with Crippen molar-refractivity contribution in [1.82, 2.24) is 19.4 Å². The number of ether oxygens (including phenoxy) is 1. The number of pyridine rings is 1. The molecule has 0 bridgehead atoms. The van der Waals surface area contributed by atoms with Crippen molar-refractivity contribution in [2.24, 2.45) is 5.92 Å². The Kier molecular flexibility index (Phi) is 5.02. The Hall–Kier alpha value is -2.93. The van der Waals surface area contributed by atoms with Crippen molar-refractivity contribution < 1.29 is 9.53 Å². The van der Waals surface area contributed by atoms with Crippen LogP contribution in [-0.4, -0.2) is 39.8 Å². The maximum Gasteiger partial charge on any atom is 0.330 e. The zero-order valence-corrected chi connectivity index (χ0v) is 15.0. The summed E-state index contributed by atoms with van der Waals surface area (Å²) in [4.78, 5) is 29.5. The Balaban J connectivity index is 1.54. The molecule has 4 rings (SSSR count). The smallest absolute Gasteiger partial charge is 0.330 e. The lowest BCUT2D eigenvalue weighted by Gasteiger charge is -2.09. The van der Waals surface area contributed by atoms with Gasteiger partial charge in [0, 0.05) is 25.9 Å². The Labute approximate surface area is 156 Å². The highest BCUT2D eigenvalue weighted by atomic mass is 16.5. The molecule has 3 heterocycles. The van der Waals surface area contributed by atoms with Gasteiger partial charge in [-0.15, -0.1) is 0 Å². The van der Waals surface area contributed by atoms with Crippen LogP contribution in [0.1, 0.15) is 12.0 Å². The molecule has 0 saturated carbocycles. The molecular formula is C20H22N4O3. The topological polar surface area (TPSA) is 78.2 Å². The number of hydrogen-bond acceptors (Lipinski definition) is 4. The summed E-state index contributed by atoms with van der Waals surface area (Å²) in [7, 11) is 0. The van der Waals surface area contributed by atoms with Gasteiger partial charge in [-0.2, -0.15) is 0 Å². The fraction of sp³-hybridized carbons (Fsp3) is 0.350. The van der Waals surface area contributed by atoms with Crippen molar-refractivity contribution in [3.63, 3.8) is 0 Å². The number of rotatable bonds is 6. The van der Waals surface area contributed by atoms with E-state index in [4.69, 9.17) is 4.74 Å². The molecule has 0 radical (unpaired) electrons. The van der Waals surface area contributed by atoms with Gasteiger partial charge in [-0.05, 0) is 24.1 Å². The molecule has 140 valence electrons. The molecule has 27 heavy (non-hydrogen) atoms. The molecule has 2 aromatic heterocycles. The van der Waals surface area contributed by atoms with Gasteiger partial charge in [-0.3, -0.25) is 13.9 Å². The monoisotopic (exact) mass is 366 g/mol. The lowest BCUT2D eigenvalue weighted by atomic mass is 10.1. The predicted molar refractivity (Wildman–Crippen MR) is 101 cm³/mol. The molecule has 1 aliphatic heterocycles. The van der Waals surface area contributed by atoms with Crippen molar-refractivity contribution >= 4 is 17.1 Å². The average Bonchev–Trinajstić information content (AvgIpc) is 3.32. The Bertz CT molecular complexity index is 987. The lowest BCUT2D eigenvalue weighted by Crippen LogP contribution is -2.35. The van der Waals surface area contributed by atoms with Crippen LogP contribution in [0.2, 0.25) is 0 Å². The van der Waals surface area contributed by atoms with Crippen molar-refractivity contribution in [2.45, 2.75) is 19.5 Å². The second-order valence-electron chi connectivity index (χ2n) is 6.70. The highest BCUT2D eigenvalue weighted by Gasteiger charge is 2.23. The van der Waals surface area contributed by atoms with E-state index in [1.54, 1.807) is 15.3 Å². The molecule has 7 heteroatoms. The van der Waals surface area contributed by atoms with Gasteiger partial charge in [0.05, 0.1) is 24.6 Å². The summed E-state index contributed by atoms with van der Waals surface area (Å²) in [5.41, 5.74) is 2.36. The first-order valence-electron chi connectivity index (χ1n) is 9.17. The van der Waals surface area contributed by atoms with E-state index in [1.807, 2.05) is 42.5 Å². The zero-order chi connectivity index (χ0) is 18.6. The minimum atomic E-state index is -0.119. The average molecular weight is 366 g/mol. The van der Waals surface area contributed by atoms with Gasteiger partial charge >= 0.3 is 5.69 Å². The van der Waals surface area contributed by atoms with Crippen LogP contribution >= 0.6 is 0 Å². The standard InChI is InChI=1S/C20H22N4O3/c25-19(16-8-12-27-14-16)22-10-11-23-18-17(7-4-9-21-18)24(20(23)26)13-15-5-2-1-3-6-15/h1-7,9,16H,8,10-14H2,(H,22,25)/t16-/m0/s1. The maximum atomic E-state index is 13.0. The van der Waals surface area contributed by atoms with Gasteiger partial charge in [0.25, 0.3) is 0 Å². The van der Waals surface area contributed by atoms with E-state index in [-0.39, 0.29) is 17.5 Å². The predicted octanol–water partition coefficient (Wildman–Crippen LogP) is 1.40. The second kappa shape index (κ2) is 7.75. The second-order valence-corrected chi connectivity index (χ2v) is 6.70. The highest BCUT2D eigenvalue weighted by molar-refractivity contribution is 5.79. The molecule has 1 atom stereocenters. The minimum Gasteiger partial charge on any atom is -0.381 e. The van der Waals surface area contributed by atoms with E-state index >= 15 is 0 Å². The quantitative estimate of drug-likeness (QED) is 0.715. The third kappa shape index (κ3) is 3.64. The number of carbonyl (C=O) groups excluding carboxylic acids is 1. The molecule has 1 amide bonds. The van der Waals surface area contributed by atoms with E-state index < -0.39 is 0 Å². The van der Waals surface area contributed by atoms with Gasteiger partial charge in [0.2, 0.25) is 5.91 Å². The largest absolute Gasteiger partial charge is 0.381 e. The first kappa shape index (κ1) is 17.5. The number of nitrogens with one attached hydrogen (secondary N) is 1. The number of amides is 1. The van der Waals surface area contributed by atoms with E-state index in [2.05, 4.69) is 10.3 Å². The molecular weight excluding hydrogens is 344 g/mol. The Morgan fingerprint density at radius 1 is 1.19 bits per heavy atom. The summed E-state index contributed by atoms with van der Waals surface area (Å²) >= 11 is 0. The van der Waals surface area contributed by atoms with Crippen LogP contribution < -0.4 is 11.0 Å². The number of hydrogen-bond donors (Lipinski definition) is 1. The van der Waals surface area contributed by atoms with Gasteiger partial charge in [0.15, 0.2) is 5.65 Å². The van der Waals surface area contributed by atoms with Gasteiger partial charge in [-0.25, -0.2) is 9.78 Å². The summed E-state index contributed by atoms with van der Waals surface area (Å²) in [5, 5.41) is 2.91. The fourth-order valence-corrected chi connectivity index (χ4v) is 3.44. The van der Waals surface area contributed by atoms with E-state index in [0.717, 1.165) is 17.5 Å². The van der Waals surface area contributed by atoms with Crippen LogP contribution in [0.3, 0.4) is 0 Å². The van der Waals surface area contributed by atoms with Crippen LogP contribution in [0.5, 0.6) is 0 Å². The summed E-state index contributed by atoms with van der Waals surface area (Å²) < 4.78 is 8.61. The number of fused-ring (bicyclic) bond motifs is 1. The van der Waals surface area contributed by atoms with Crippen LogP contribution in [0.15, 0.2) is 53.5 Å². The number of carbonyl (C=O) groups is 1. The summed E-state index contributed by atoms with van der Waals surface area (Å²) in [6.07, 6.45) is 2.43. The molecule has 7 nitrogen and oxygen atoms in total. The van der Waals surface area contributed by atoms with E-state index in [0.29, 0.717) is 38.5 Å². The van der Waals surface area contributed by atoms with E-state index in [1.165, 1.54) is 0 Å². The van der Waals surface area contributed by atoms with Crippen molar-refractivity contribution in [2.75, 3.05) is 19.8 Å². The number of nitrogens with zero attached hydrogens (tertiary/aromatic N) is 3. The summed E-state index contributed by atoms with van der Waals surface area (Å²) in [5.74, 6) is -0.0965. The number of benzene rings is 1. The Morgan fingerprint density at radius 2 is 2.04 bits per heavy atom. The van der Waals surface area contributed by atoms with Gasteiger partial charge < -0.3 is 10.1 Å².